The minimum absolute atomic E-state index is 0.0101. The molecule has 0 aromatic heterocycles. The van der Waals surface area contributed by atoms with E-state index < -0.39 is 172 Å². The van der Waals surface area contributed by atoms with Crippen molar-refractivity contribution in [2.45, 2.75) is 92.1 Å². The van der Waals surface area contributed by atoms with Crippen LogP contribution in [0.1, 0.15) is 82.9 Å². The molecular weight excluding hydrogens is 1360 g/mol. The van der Waals surface area contributed by atoms with Gasteiger partial charge in [0.2, 0.25) is 0 Å². The van der Waals surface area contributed by atoms with E-state index in [1.165, 1.54) is 141 Å². The Morgan fingerprint density at radius 3 is 0.903 bits per heavy atom. The summed E-state index contributed by atoms with van der Waals surface area (Å²) in [6.07, 6.45) is -30.3. The fraction of sp³-hybridized carbons (Fsp3) is 0.260. The van der Waals surface area contributed by atoms with Crippen LogP contribution in [-0.2, 0) is 75.8 Å². The number of hydrogen-bond donors (Lipinski definition) is 1. The molecule has 26 heteroatoms. The van der Waals surface area contributed by atoms with Crippen molar-refractivity contribution in [2.75, 3.05) is 32.8 Å². The molecule has 8 aromatic rings. The van der Waals surface area contributed by atoms with Crippen molar-refractivity contribution in [3.05, 3.63) is 287 Å². The Balaban J connectivity index is 1.09. The van der Waals surface area contributed by atoms with Gasteiger partial charge in [0.15, 0.2) is 55.5 Å². The molecule has 15 atom stereocenters. The van der Waals surface area contributed by atoms with Crippen molar-refractivity contribution in [2.24, 2.45) is 0 Å². The number of carbonyl (C=O) groups is 9. The van der Waals surface area contributed by atoms with Crippen molar-refractivity contribution in [3.8, 4) is 0 Å². The van der Waals surface area contributed by atoms with Gasteiger partial charge in [-0.05, 0) is 97.1 Å². The van der Waals surface area contributed by atoms with Crippen molar-refractivity contribution in [3.63, 3.8) is 0 Å². The molecule has 3 saturated heterocycles. The Bertz CT molecular complexity index is 4150. The third-order valence-electron chi connectivity index (χ3n) is 16.4. The number of halogens is 1. The summed E-state index contributed by atoms with van der Waals surface area (Å²) in [5.41, 5.74) is -0.196. The SMILES string of the molecule is CO[C@H]1O[C@H](COC(=O)c2ccccc2)[C@@H](O[C@@H]2O[C@H](COC(=O)CCl)[C@H](OC(=O)c3ccccc3)[C@H](O[C@@H]3O[C@H](COC(=O)c4ccccc4)[C@H](OC(=O)c4ccccc4)[C@H](O)[C@H]3OC(=O)c3ccccc3)[C@H]2OC(=O)c2ccccc2)[C@H](OC(=O)c2ccccc2)[C@@H]1OC(=O)c1ccccc1. The van der Waals surface area contributed by atoms with E-state index in [0.29, 0.717) is 0 Å². The maximum absolute atomic E-state index is 15.2. The Morgan fingerprint density at radius 1 is 0.301 bits per heavy atom. The zero-order chi connectivity index (χ0) is 72.2. The summed E-state index contributed by atoms with van der Waals surface area (Å²) in [4.78, 5) is 129. The van der Waals surface area contributed by atoms with Gasteiger partial charge in [0.1, 0.15) is 62.3 Å². The maximum Gasteiger partial charge on any atom is 0.338 e. The van der Waals surface area contributed by atoms with Crippen LogP contribution in [0.5, 0.6) is 0 Å². The van der Waals surface area contributed by atoms with Crippen LogP contribution >= 0.6 is 11.6 Å². The van der Waals surface area contributed by atoms with E-state index >= 15 is 4.79 Å². The summed E-state index contributed by atoms with van der Waals surface area (Å²) < 4.78 is 95.2. The van der Waals surface area contributed by atoms with Crippen LogP contribution < -0.4 is 0 Å². The first-order valence-corrected chi connectivity index (χ1v) is 32.9. The van der Waals surface area contributed by atoms with Gasteiger partial charge >= 0.3 is 53.7 Å². The molecule has 3 fully saturated rings. The number of methoxy groups -OCH3 is 1. The van der Waals surface area contributed by atoms with Gasteiger partial charge in [-0.3, -0.25) is 4.79 Å². The molecule has 0 amide bonds. The molecule has 0 spiro atoms. The number of carbonyl (C=O) groups excluding carboxylic acids is 9. The van der Waals surface area contributed by atoms with Gasteiger partial charge < -0.3 is 76.2 Å². The van der Waals surface area contributed by atoms with E-state index in [4.69, 9.17) is 82.7 Å². The van der Waals surface area contributed by atoms with Gasteiger partial charge in [-0.25, -0.2) is 38.4 Å². The van der Waals surface area contributed by atoms with E-state index in [1.807, 2.05) is 0 Å². The second-order valence-corrected chi connectivity index (χ2v) is 23.5. The molecule has 1 N–H and O–H groups in total. The van der Waals surface area contributed by atoms with E-state index in [0.717, 1.165) is 0 Å². The topological polar surface area (TPSA) is 312 Å². The van der Waals surface area contributed by atoms with Gasteiger partial charge in [-0.2, -0.15) is 0 Å². The van der Waals surface area contributed by atoms with Crippen molar-refractivity contribution in [1.82, 2.24) is 0 Å². The van der Waals surface area contributed by atoms with Crippen molar-refractivity contribution in [1.29, 1.82) is 0 Å². The highest BCUT2D eigenvalue weighted by Crippen LogP contribution is 2.39. The lowest BCUT2D eigenvalue weighted by Crippen LogP contribution is -2.69. The summed E-state index contributed by atoms with van der Waals surface area (Å²) in [6.45, 7) is -2.56. The highest BCUT2D eigenvalue weighted by molar-refractivity contribution is 6.26. The maximum atomic E-state index is 15.2. The number of esters is 9. The summed E-state index contributed by atoms with van der Waals surface area (Å²) in [7, 11) is 1.19. The van der Waals surface area contributed by atoms with Gasteiger partial charge in [0, 0.05) is 7.11 Å². The molecule has 3 aliphatic rings. The zero-order valence-electron chi connectivity index (χ0n) is 54.7. The molecule has 8 aromatic carbocycles. The lowest BCUT2D eigenvalue weighted by Gasteiger charge is -2.50. The third kappa shape index (κ3) is 18.8. The van der Waals surface area contributed by atoms with Crippen LogP contribution in [0.4, 0.5) is 0 Å². The lowest BCUT2D eigenvalue weighted by atomic mass is 9.95. The number of rotatable bonds is 26. The fourth-order valence-corrected chi connectivity index (χ4v) is 11.4. The Labute approximate surface area is 594 Å². The Morgan fingerprint density at radius 2 is 0.553 bits per heavy atom. The second kappa shape index (κ2) is 35.5. The van der Waals surface area contributed by atoms with Crippen LogP contribution in [-0.4, -0.2) is 184 Å². The van der Waals surface area contributed by atoms with Crippen LogP contribution in [0.2, 0.25) is 0 Å². The number of ether oxygens (including phenoxy) is 15. The van der Waals surface area contributed by atoms with Crippen molar-refractivity contribution >= 4 is 65.3 Å². The number of alkyl halides is 1. The molecule has 0 aliphatic carbocycles. The van der Waals surface area contributed by atoms with Gasteiger partial charge in [-0.15, -0.1) is 11.6 Å². The minimum Gasteiger partial charge on any atom is -0.462 e. The van der Waals surface area contributed by atoms with Crippen LogP contribution in [0.25, 0.3) is 0 Å². The predicted molar refractivity (Wildman–Crippen MR) is 358 cm³/mol. The molecule has 11 rings (SSSR count). The predicted octanol–water partition coefficient (Wildman–Crippen LogP) is 8.79. The van der Waals surface area contributed by atoms with E-state index in [9.17, 15) is 43.5 Å². The first kappa shape index (κ1) is 73.2. The monoisotopic (exact) mass is 1430 g/mol. The Hall–Kier alpha value is -11.0. The van der Waals surface area contributed by atoms with Gasteiger partial charge in [-0.1, -0.05) is 146 Å². The summed E-state index contributed by atoms with van der Waals surface area (Å²) in [5, 5.41) is 13.0. The molecule has 0 bridgehead atoms. The molecule has 532 valence electrons. The largest absolute Gasteiger partial charge is 0.462 e. The average molecular weight is 1430 g/mol. The van der Waals surface area contributed by atoms with Crippen molar-refractivity contribution < 1.29 is 119 Å². The van der Waals surface area contributed by atoms with Crippen LogP contribution in [0.15, 0.2) is 243 Å². The highest BCUT2D eigenvalue weighted by atomic mass is 35.5. The normalized spacial score (nSPS) is 24.3. The molecule has 0 unspecified atom stereocenters. The molecule has 0 saturated carbocycles. The van der Waals surface area contributed by atoms with E-state index in [2.05, 4.69) is 0 Å². The third-order valence-corrected chi connectivity index (χ3v) is 16.6. The number of aliphatic hydroxyl groups excluding tert-OH is 1. The first-order chi connectivity index (χ1) is 50.1. The van der Waals surface area contributed by atoms with E-state index in [-0.39, 0.29) is 44.5 Å². The molecule has 103 heavy (non-hydrogen) atoms. The highest BCUT2D eigenvalue weighted by Gasteiger charge is 2.60. The quantitative estimate of drug-likeness (QED) is 0.0300. The Kier molecular flexibility index (Phi) is 25.3. The summed E-state index contributed by atoms with van der Waals surface area (Å²) in [5.74, 6) is -10.1. The average Bonchev–Trinajstić information content (AvgIpc) is 0.760. The first-order valence-electron chi connectivity index (χ1n) is 32.3. The zero-order valence-corrected chi connectivity index (χ0v) is 55.5. The van der Waals surface area contributed by atoms with E-state index in [1.54, 1.807) is 109 Å². The molecule has 3 heterocycles. The molecule has 3 aliphatic heterocycles. The number of aliphatic hydroxyl groups is 1. The smallest absolute Gasteiger partial charge is 0.338 e. The molecule has 0 radical (unpaired) electrons. The number of hydrogen-bond acceptors (Lipinski definition) is 25. The van der Waals surface area contributed by atoms with Crippen LogP contribution in [0.3, 0.4) is 0 Å². The lowest BCUT2D eigenvalue weighted by molar-refractivity contribution is -0.376. The van der Waals surface area contributed by atoms with Gasteiger partial charge in [0.05, 0.1) is 44.5 Å². The fourth-order valence-electron chi connectivity index (χ4n) is 11.3. The van der Waals surface area contributed by atoms with Crippen LogP contribution in [0, 0.1) is 0 Å². The second-order valence-electron chi connectivity index (χ2n) is 23.2. The molecule has 25 nitrogen and oxygen atoms in total. The van der Waals surface area contributed by atoms with Gasteiger partial charge in [0.25, 0.3) is 0 Å². The minimum atomic E-state index is -2.28. The summed E-state index contributed by atoms with van der Waals surface area (Å²) >= 11 is 6.04. The standard InChI is InChI=1S/C77H67ClO25/c1-89-75-65(100-73(87)52-38-22-8-23-39-52)63(99-72(86)51-36-20-7-21-37-51)61(56(93-75)45-92-68(82)47-28-12-3-13-29-47)102-77-66(101-74(88)53-40-24-9-25-41-53)64(60(55(95-77)43-90-57(79)42-78)97-70(84)49-32-16-5-17-33-49)103-76-62(98-71(85)50-34-18-6-19-35-50)58(80)59(96-69(83)48-30-14-4-15-31-48)54(94-76)44-91-67(81)46-26-10-2-11-27-46/h2-41,54-56,58-66,75-77,80H,42-45H2,1H3/t54-,55-,56-,58+,59+,60+,61-,62-,63+,64+,65+,66-,75+,76+,77+/m1/s1. The summed E-state index contributed by atoms with van der Waals surface area (Å²) in [6, 6.07) is 60.5. The number of benzene rings is 8. The molecular formula is C77H67ClO25.